The van der Waals surface area contributed by atoms with Gasteiger partial charge in [0.05, 0.1) is 37.7 Å². The Morgan fingerprint density at radius 1 is 1.00 bits per heavy atom. The lowest BCUT2D eigenvalue weighted by atomic mass is 9.75. The fourth-order valence-corrected chi connectivity index (χ4v) is 3.63. The molecule has 0 fully saturated rings. The molecule has 1 heterocycles. The first kappa shape index (κ1) is 18.2. The lowest BCUT2D eigenvalue weighted by molar-refractivity contribution is -0.160. The van der Waals surface area contributed by atoms with Gasteiger partial charge in [-0.15, -0.1) is 0 Å². The topological polar surface area (TPSA) is 74.7 Å². The van der Waals surface area contributed by atoms with E-state index in [-0.39, 0.29) is 25.2 Å². The van der Waals surface area contributed by atoms with Gasteiger partial charge in [0.25, 0.3) is 0 Å². The van der Waals surface area contributed by atoms with Crippen molar-refractivity contribution in [2.24, 2.45) is 11.8 Å². The van der Waals surface area contributed by atoms with Gasteiger partial charge in [0.1, 0.15) is 0 Å². The van der Waals surface area contributed by atoms with Crippen LogP contribution in [0.3, 0.4) is 0 Å². The molecule has 2 atom stereocenters. The van der Waals surface area contributed by atoms with Crippen LogP contribution in [0.2, 0.25) is 0 Å². The molecule has 0 saturated carbocycles. The molecule has 3 rings (SSSR count). The van der Waals surface area contributed by atoms with E-state index in [1.165, 1.54) is 0 Å². The molecule has 138 valence electrons. The Morgan fingerprint density at radius 2 is 1.58 bits per heavy atom. The van der Waals surface area contributed by atoms with E-state index in [9.17, 15) is 9.59 Å². The minimum atomic E-state index is -0.599. The highest BCUT2D eigenvalue weighted by molar-refractivity contribution is 5.88. The third-order valence-electron chi connectivity index (χ3n) is 4.78. The molecule has 0 N–H and O–H groups in total. The van der Waals surface area contributed by atoms with Crippen LogP contribution in [-0.4, -0.2) is 37.2 Å². The summed E-state index contributed by atoms with van der Waals surface area (Å²) in [7, 11) is 1.56. The van der Waals surface area contributed by atoms with Crippen LogP contribution in [0, 0.1) is 11.8 Å². The Labute approximate surface area is 152 Å². The van der Waals surface area contributed by atoms with Crippen LogP contribution in [0.5, 0.6) is 5.88 Å². The number of para-hydroxylation sites is 1. The van der Waals surface area contributed by atoms with Gasteiger partial charge in [-0.2, -0.15) is 0 Å². The highest BCUT2D eigenvalue weighted by atomic mass is 16.5. The van der Waals surface area contributed by atoms with E-state index >= 15 is 0 Å². The maximum Gasteiger partial charge on any atom is 0.310 e. The standard InChI is InChI=1S/C20H23NO5/c1-4-25-19(22)15-10-13-12-8-6-7-9-17(12)21-18(24-3)14(13)11-16(15)20(23)26-5-2/h6-9,15-16H,4-5,10-11H2,1-3H3. The van der Waals surface area contributed by atoms with E-state index in [0.717, 1.165) is 22.0 Å². The number of aromatic nitrogens is 1. The average Bonchev–Trinajstić information content (AvgIpc) is 2.66. The van der Waals surface area contributed by atoms with Crippen LogP contribution in [0.1, 0.15) is 25.0 Å². The highest BCUT2D eigenvalue weighted by Gasteiger charge is 2.41. The van der Waals surface area contributed by atoms with Gasteiger partial charge in [0, 0.05) is 10.9 Å². The second kappa shape index (κ2) is 7.72. The van der Waals surface area contributed by atoms with E-state index in [4.69, 9.17) is 14.2 Å². The number of nitrogens with zero attached hydrogens (tertiary/aromatic N) is 1. The molecule has 6 heteroatoms. The zero-order chi connectivity index (χ0) is 18.7. The van der Waals surface area contributed by atoms with Crippen LogP contribution in [0.25, 0.3) is 10.9 Å². The quantitative estimate of drug-likeness (QED) is 0.766. The van der Waals surface area contributed by atoms with Crippen LogP contribution in [0.15, 0.2) is 24.3 Å². The first-order chi connectivity index (χ1) is 12.6. The number of rotatable bonds is 5. The van der Waals surface area contributed by atoms with E-state index in [0.29, 0.717) is 18.7 Å². The second-order valence-electron chi connectivity index (χ2n) is 6.22. The smallest absolute Gasteiger partial charge is 0.310 e. The van der Waals surface area contributed by atoms with Crippen molar-refractivity contribution in [2.45, 2.75) is 26.7 Å². The molecule has 0 amide bonds. The summed E-state index contributed by atoms with van der Waals surface area (Å²) in [5, 5.41) is 0.972. The van der Waals surface area contributed by atoms with Crippen molar-refractivity contribution >= 4 is 22.8 Å². The molecular weight excluding hydrogens is 334 g/mol. The largest absolute Gasteiger partial charge is 0.481 e. The maximum absolute atomic E-state index is 12.5. The van der Waals surface area contributed by atoms with E-state index in [2.05, 4.69) is 4.98 Å². The number of esters is 2. The van der Waals surface area contributed by atoms with Crippen molar-refractivity contribution in [1.82, 2.24) is 4.98 Å². The predicted molar refractivity (Wildman–Crippen MR) is 95.9 cm³/mol. The molecular formula is C20H23NO5. The van der Waals surface area contributed by atoms with Crippen LogP contribution in [0.4, 0.5) is 0 Å². The van der Waals surface area contributed by atoms with Crippen LogP contribution in [-0.2, 0) is 31.9 Å². The molecule has 2 unspecified atom stereocenters. The first-order valence-corrected chi connectivity index (χ1v) is 8.88. The molecule has 1 aliphatic carbocycles. The van der Waals surface area contributed by atoms with Gasteiger partial charge in [0.2, 0.25) is 5.88 Å². The Balaban J connectivity index is 2.12. The molecule has 2 aromatic rings. The molecule has 0 aliphatic heterocycles. The molecule has 6 nitrogen and oxygen atoms in total. The molecule has 0 radical (unpaired) electrons. The summed E-state index contributed by atoms with van der Waals surface area (Å²) in [6.45, 7) is 4.06. The van der Waals surface area contributed by atoms with Gasteiger partial charge in [-0.1, -0.05) is 18.2 Å². The number of fused-ring (bicyclic) bond motifs is 3. The minimum absolute atomic E-state index is 0.269. The van der Waals surface area contributed by atoms with E-state index < -0.39 is 11.8 Å². The van der Waals surface area contributed by atoms with Gasteiger partial charge in [-0.05, 0) is 38.3 Å². The van der Waals surface area contributed by atoms with Crippen molar-refractivity contribution in [2.75, 3.05) is 20.3 Å². The fraction of sp³-hybridized carbons (Fsp3) is 0.450. The van der Waals surface area contributed by atoms with Gasteiger partial charge in [-0.25, -0.2) is 4.98 Å². The Kier molecular flexibility index (Phi) is 5.40. The summed E-state index contributed by atoms with van der Waals surface area (Å²) in [5.74, 6) is -1.42. The fourth-order valence-electron chi connectivity index (χ4n) is 3.63. The number of pyridine rings is 1. The third kappa shape index (κ3) is 3.23. The summed E-state index contributed by atoms with van der Waals surface area (Å²) >= 11 is 0. The van der Waals surface area contributed by atoms with Crippen molar-refractivity contribution in [3.63, 3.8) is 0 Å². The van der Waals surface area contributed by atoms with Crippen LogP contribution >= 0.6 is 0 Å². The predicted octanol–water partition coefficient (Wildman–Crippen LogP) is 2.70. The monoisotopic (exact) mass is 357 g/mol. The Morgan fingerprint density at radius 3 is 2.15 bits per heavy atom. The van der Waals surface area contributed by atoms with Gasteiger partial charge < -0.3 is 14.2 Å². The second-order valence-corrected chi connectivity index (χ2v) is 6.22. The number of methoxy groups -OCH3 is 1. The number of hydrogen-bond donors (Lipinski definition) is 0. The normalized spacial score (nSPS) is 18.9. The molecule has 26 heavy (non-hydrogen) atoms. The Hall–Kier alpha value is -2.63. The summed E-state index contributed by atoms with van der Waals surface area (Å²) in [6.07, 6.45) is 0.746. The lowest BCUT2D eigenvalue weighted by Crippen LogP contribution is -2.39. The number of hydrogen-bond acceptors (Lipinski definition) is 6. The van der Waals surface area contributed by atoms with Gasteiger partial charge in [0.15, 0.2) is 0 Å². The maximum atomic E-state index is 12.5. The number of ether oxygens (including phenoxy) is 3. The van der Waals surface area contributed by atoms with Crippen molar-refractivity contribution < 1.29 is 23.8 Å². The number of benzene rings is 1. The first-order valence-electron chi connectivity index (χ1n) is 8.88. The molecule has 0 spiro atoms. The van der Waals surface area contributed by atoms with Crippen molar-refractivity contribution in [1.29, 1.82) is 0 Å². The summed E-state index contributed by atoms with van der Waals surface area (Å²) in [5.41, 5.74) is 2.66. The Bertz CT molecular complexity index is 832. The number of carbonyl (C=O) groups is 2. The van der Waals surface area contributed by atoms with Crippen LogP contribution < -0.4 is 4.74 Å². The third-order valence-corrected chi connectivity index (χ3v) is 4.78. The van der Waals surface area contributed by atoms with E-state index in [1.807, 2.05) is 24.3 Å². The highest BCUT2D eigenvalue weighted by Crippen LogP contribution is 2.39. The SMILES string of the molecule is CCOC(=O)C1Cc2c(OC)nc3ccccc3c2CC1C(=O)OCC. The summed E-state index contributed by atoms with van der Waals surface area (Å²) < 4.78 is 15.9. The van der Waals surface area contributed by atoms with Crippen molar-refractivity contribution in [3.8, 4) is 5.88 Å². The van der Waals surface area contributed by atoms with Crippen molar-refractivity contribution in [3.05, 3.63) is 35.4 Å². The zero-order valence-electron chi connectivity index (χ0n) is 15.3. The van der Waals surface area contributed by atoms with Gasteiger partial charge >= 0.3 is 11.9 Å². The van der Waals surface area contributed by atoms with Gasteiger partial charge in [-0.3, -0.25) is 9.59 Å². The minimum Gasteiger partial charge on any atom is -0.481 e. The summed E-state index contributed by atoms with van der Waals surface area (Å²) in [6, 6.07) is 7.74. The zero-order valence-corrected chi connectivity index (χ0v) is 15.3. The molecule has 1 aromatic heterocycles. The number of carbonyl (C=O) groups excluding carboxylic acids is 2. The average molecular weight is 357 g/mol. The molecule has 1 aliphatic rings. The molecule has 1 aromatic carbocycles. The lowest BCUT2D eigenvalue weighted by Gasteiger charge is -2.31. The summed E-state index contributed by atoms with van der Waals surface area (Å²) in [4.78, 5) is 29.6. The van der Waals surface area contributed by atoms with E-state index in [1.54, 1.807) is 21.0 Å². The molecule has 0 bridgehead atoms. The molecule has 0 saturated heterocycles.